The monoisotopic (exact) mass is 251 g/mol. The molecule has 15 heavy (non-hydrogen) atoms. The molecule has 0 bridgehead atoms. The second kappa shape index (κ2) is 4.22. The minimum atomic E-state index is -3.03. The fourth-order valence-corrected chi connectivity index (χ4v) is 4.09. The molecule has 0 unspecified atom stereocenters. The van der Waals surface area contributed by atoms with Crippen LogP contribution in [0.25, 0.3) is 0 Å². The number of rotatable bonds is 5. The average molecular weight is 252 g/mol. The van der Waals surface area contributed by atoms with E-state index in [9.17, 15) is 8.42 Å². The SMILES string of the molecule is O=S(=O)(NCC1(CCl)CCCC1)C1CC1. The number of halogens is 1. The minimum absolute atomic E-state index is 0.0313. The summed E-state index contributed by atoms with van der Waals surface area (Å²) in [5.74, 6) is 0.570. The van der Waals surface area contributed by atoms with E-state index in [4.69, 9.17) is 11.6 Å². The summed E-state index contributed by atoms with van der Waals surface area (Å²) in [6.07, 6.45) is 6.12. The molecular formula is C10H18ClNO2S. The molecule has 2 rings (SSSR count). The zero-order valence-electron chi connectivity index (χ0n) is 8.84. The van der Waals surface area contributed by atoms with Gasteiger partial charge in [0.15, 0.2) is 0 Å². The van der Waals surface area contributed by atoms with Crippen molar-refractivity contribution in [3.05, 3.63) is 0 Å². The molecule has 0 spiro atoms. The van der Waals surface area contributed by atoms with Crippen molar-refractivity contribution in [1.29, 1.82) is 0 Å². The largest absolute Gasteiger partial charge is 0.214 e. The van der Waals surface area contributed by atoms with Crippen LogP contribution in [-0.2, 0) is 10.0 Å². The van der Waals surface area contributed by atoms with Gasteiger partial charge in [0.05, 0.1) is 5.25 Å². The number of hydrogen-bond acceptors (Lipinski definition) is 2. The number of hydrogen-bond donors (Lipinski definition) is 1. The van der Waals surface area contributed by atoms with E-state index in [1.54, 1.807) is 0 Å². The van der Waals surface area contributed by atoms with Gasteiger partial charge in [-0.05, 0) is 31.1 Å². The maximum Gasteiger partial charge on any atom is 0.214 e. The Bertz CT molecular complexity index is 318. The lowest BCUT2D eigenvalue weighted by molar-refractivity contribution is 0.342. The molecule has 3 nitrogen and oxygen atoms in total. The second-order valence-electron chi connectivity index (χ2n) is 4.91. The summed E-state index contributed by atoms with van der Waals surface area (Å²) in [5.41, 5.74) is 0.0313. The van der Waals surface area contributed by atoms with E-state index in [-0.39, 0.29) is 10.7 Å². The van der Waals surface area contributed by atoms with Gasteiger partial charge in [-0.25, -0.2) is 13.1 Å². The molecule has 88 valence electrons. The van der Waals surface area contributed by atoms with Crippen molar-refractivity contribution in [1.82, 2.24) is 4.72 Å². The summed E-state index contributed by atoms with van der Waals surface area (Å²) in [7, 11) is -3.03. The summed E-state index contributed by atoms with van der Waals surface area (Å²) in [5, 5.41) is -0.119. The van der Waals surface area contributed by atoms with Crippen molar-refractivity contribution in [2.24, 2.45) is 5.41 Å². The average Bonchev–Trinajstić information content (AvgIpc) is 2.97. The maximum absolute atomic E-state index is 11.7. The summed E-state index contributed by atoms with van der Waals surface area (Å²) >= 11 is 5.95. The van der Waals surface area contributed by atoms with Crippen LogP contribution >= 0.6 is 11.6 Å². The van der Waals surface area contributed by atoms with Crippen LogP contribution in [0, 0.1) is 5.41 Å². The van der Waals surface area contributed by atoms with Gasteiger partial charge in [0.1, 0.15) is 0 Å². The third kappa shape index (κ3) is 2.66. The van der Waals surface area contributed by atoms with Crippen LogP contribution in [0.5, 0.6) is 0 Å². The van der Waals surface area contributed by atoms with Gasteiger partial charge in [-0.2, -0.15) is 0 Å². The highest BCUT2D eigenvalue weighted by atomic mass is 35.5. The number of alkyl halides is 1. The molecule has 0 heterocycles. The molecule has 0 atom stereocenters. The highest BCUT2D eigenvalue weighted by molar-refractivity contribution is 7.90. The summed E-state index contributed by atoms with van der Waals surface area (Å²) in [6, 6.07) is 0. The molecule has 5 heteroatoms. The molecule has 2 aliphatic carbocycles. The second-order valence-corrected chi connectivity index (χ2v) is 7.22. The highest BCUT2D eigenvalue weighted by Gasteiger charge is 2.39. The molecule has 2 aliphatic rings. The van der Waals surface area contributed by atoms with Crippen LogP contribution in [0.15, 0.2) is 0 Å². The highest BCUT2D eigenvalue weighted by Crippen LogP contribution is 2.39. The topological polar surface area (TPSA) is 46.2 Å². The van der Waals surface area contributed by atoms with E-state index in [2.05, 4.69) is 4.72 Å². The fourth-order valence-electron chi connectivity index (χ4n) is 2.23. The molecule has 0 amide bonds. The van der Waals surface area contributed by atoms with Crippen molar-refractivity contribution in [3.8, 4) is 0 Å². The van der Waals surface area contributed by atoms with Gasteiger partial charge >= 0.3 is 0 Å². The van der Waals surface area contributed by atoms with Crippen LogP contribution < -0.4 is 4.72 Å². The first-order valence-electron chi connectivity index (χ1n) is 5.62. The Kier molecular flexibility index (Phi) is 3.29. The molecule has 0 aromatic carbocycles. The van der Waals surface area contributed by atoms with Crippen LogP contribution in [0.2, 0.25) is 0 Å². The van der Waals surface area contributed by atoms with Crippen molar-refractivity contribution < 1.29 is 8.42 Å². The van der Waals surface area contributed by atoms with Crippen molar-refractivity contribution in [2.75, 3.05) is 12.4 Å². The van der Waals surface area contributed by atoms with Crippen molar-refractivity contribution in [2.45, 2.75) is 43.8 Å². The van der Waals surface area contributed by atoms with E-state index in [0.717, 1.165) is 25.7 Å². The molecule has 2 fully saturated rings. The van der Waals surface area contributed by atoms with Gasteiger partial charge in [0.25, 0.3) is 0 Å². The predicted octanol–water partition coefficient (Wildman–Crippen LogP) is 1.87. The molecule has 0 radical (unpaired) electrons. The molecular weight excluding hydrogens is 234 g/mol. The summed E-state index contributed by atoms with van der Waals surface area (Å²) in [6.45, 7) is 0.537. The number of sulfonamides is 1. The van der Waals surface area contributed by atoms with E-state index in [1.807, 2.05) is 0 Å². The van der Waals surface area contributed by atoms with Gasteiger partial charge in [0, 0.05) is 12.4 Å². The number of nitrogens with one attached hydrogen (secondary N) is 1. The van der Waals surface area contributed by atoms with E-state index in [1.165, 1.54) is 12.8 Å². The lowest BCUT2D eigenvalue weighted by Gasteiger charge is -2.26. The third-order valence-corrected chi connectivity index (χ3v) is 6.02. The first-order chi connectivity index (χ1) is 7.08. The molecule has 0 aliphatic heterocycles. The normalized spacial score (nSPS) is 25.7. The Morgan fingerprint density at radius 3 is 2.33 bits per heavy atom. The fraction of sp³-hybridized carbons (Fsp3) is 1.00. The van der Waals surface area contributed by atoms with Crippen LogP contribution in [0.3, 0.4) is 0 Å². The van der Waals surface area contributed by atoms with Crippen LogP contribution in [0.4, 0.5) is 0 Å². The Hall–Kier alpha value is 0.200. The standard InChI is InChI=1S/C10H18ClNO2S/c11-7-10(5-1-2-6-10)8-12-15(13,14)9-3-4-9/h9,12H,1-8H2. The van der Waals surface area contributed by atoms with Gasteiger partial charge < -0.3 is 0 Å². The van der Waals surface area contributed by atoms with Crippen LogP contribution in [0.1, 0.15) is 38.5 Å². The molecule has 2 saturated carbocycles. The predicted molar refractivity (Wildman–Crippen MR) is 61.6 cm³/mol. The van der Waals surface area contributed by atoms with Crippen molar-refractivity contribution in [3.63, 3.8) is 0 Å². The first-order valence-corrected chi connectivity index (χ1v) is 7.71. The minimum Gasteiger partial charge on any atom is -0.214 e. The van der Waals surface area contributed by atoms with Crippen LogP contribution in [-0.4, -0.2) is 26.1 Å². The maximum atomic E-state index is 11.7. The summed E-state index contributed by atoms with van der Waals surface area (Å²) in [4.78, 5) is 0. The van der Waals surface area contributed by atoms with E-state index >= 15 is 0 Å². The first kappa shape index (κ1) is 11.7. The Morgan fingerprint density at radius 2 is 1.87 bits per heavy atom. The van der Waals surface area contributed by atoms with Gasteiger partial charge in [-0.3, -0.25) is 0 Å². The summed E-state index contributed by atoms with van der Waals surface area (Å²) < 4.78 is 26.0. The molecule has 1 N–H and O–H groups in total. The van der Waals surface area contributed by atoms with Gasteiger partial charge in [-0.15, -0.1) is 11.6 Å². The third-order valence-electron chi connectivity index (χ3n) is 3.56. The molecule has 0 aromatic rings. The van der Waals surface area contributed by atoms with E-state index in [0.29, 0.717) is 12.4 Å². The van der Waals surface area contributed by atoms with E-state index < -0.39 is 10.0 Å². The van der Waals surface area contributed by atoms with Gasteiger partial charge in [0.2, 0.25) is 10.0 Å². The zero-order valence-corrected chi connectivity index (χ0v) is 10.4. The Labute approximate surface area is 96.6 Å². The van der Waals surface area contributed by atoms with Gasteiger partial charge in [-0.1, -0.05) is 12.8 Å². The molecule has 0 aromatic heterocycles. The Balaban J connectivity index is 1.90. The Morgan fingerprint density at radius 1 is 1.27 bits per heavy atom. The van der Waals surface area contributed by atoms with Crippen molar-refractivity contribution >= 4 is 21.6 Å². The quantitative estimate of drug-likeness (QED) is 0.759. The lowest BCUT2D eigenvalue weighted by Crippen LogP contribution is -2.38. The molecule has 0 saturated heterocycles. The lowest BCUT2D eigenvalue weighted by atomic mass is 9.89. The smallest absolute Gasteiger partial charge is 0.214 e. The zero-order chi connectivity index (χ0) is 10.9.